The molecule has 1 aromatic heterocycles. The molecule has 0 unspecified atom stereocenters. The maximum absolute atomic E-state index is 10.3. The molecule has 1 aromatic carbocycles. The van der Waals surface area contributed by atoms with Crippen LogP contribution in [-0.2, 0) is 4.79 Å². The van der Waals surface area contributed by atoms with E-state index in [0.717, 1.165) is 17.1 Å². The summed E-state index contributed by atoms with van der Waals surface area (Å²) in [6.45, 7) is 0. The lowest BCUT2D eigenvalue weighted by Crippen LogP contribution is -1.86. The summed E-state index contributed by atoms with van der Waals surface area (Å²) in [6, 6.07) is 7.53. The molecule has 70 valence electrons. The Balaban J connectivity index is 2.40. The van der Waals surface area contributed by atoms with E-state index in [4.69, 9.17) is 5.11 Å². The second-order valence-electron chi connectivity index (χ2n) is 2.81. The van der Waals surface area contributed by atoms with Gasteiger partial charge in [-0.3, -0.25) is 0 Å². The first kappa shape index (κ1) is 8.50. The lowest BCUT2D eigenvalue weighted by molar-refractivity contribution is -0.131. The number of rotatable bonds is 2. The molecule has 2 rings (SSSR count). The fraction of sp³-hybridized carbons (Fsp3) is 0. The second-order valence-corrected chi connectivity index (χ2v) is 2.81. The predicted octanol–water partition coefficient (Wildman–Crippen LogP) is 1.66. The molecule has 0 aliphatic rings. The minimum Gasteiger partial charge on any atom is -0.478 e. The van der Waals surface area contributed by atoms with Crippen LogP contribution < -0.4 is 0 Å². The van der Waals surface area contributed by atoms with Crippen LogP contribution in [0.1, 0.15) is 5.82 Å². The van der Waals surface area contributed by atoms with Gasteiger partial charge in [-0.15, -0.1) is 0 Å². The highest BCUT2D eigenvalue weighted by Crippen LogP contribution is 2.10. The van der Waals surface area contributed by atoms with Crippen molar-refractivity contribution in [2.75, 3.05) is 0 Å². The maximum Gasteiger partial charge on any atom is 0.328 e. The van der Waals surface area contributed by atoms with Crippen LogP contribution in [0, 0.1) is 0 Å². The number of imidazole rings is 1. The van der Waals surface area contributed by atoms with E-state index in [1.807, 2.05) is 24.3 Å². The molecular formula is C10H8N2O2. The number of benzene rings is 1. The number of aromatic nitrogens is 2. The van der Waals surface area contributed by atoms with Crippen LogP contribution in [0.15, 0.2) is 30.3 Å². The van der Waals surface area contributed by atoms with Crippen molar-refractivity contribution < 1.29 is 9.90 Å². The number of H-pyrrole nitrogens is 1. The van der Waals surface area contributed by atoms with Gasteiger partial charge in [0.25, 0.3) is 0 Å². The fourth-order valence-electron chi connectivity index (χ4n) is 1.20. The smallest absolute Gasteiger partial charge is 0.328 e. The van der Waals surface area contributed by atoms with Gasteiger partial charge in [-0.25, -0.2) is 9.78 Å². The highest BCUT2D eigenvalue weighted by Gasteiger charge is 1.98. The van der Waals surface area contributed by atoms with Crippen LogP contribution in [0.2, 0.25) is 0 Å². The fourth-order valence-corrected chi connectivity index (χ4v) is 1.20. The van der Waals surface area contributed by atoms with Gasteiger partial charge in [-0.05, 0) is 18.2 Å². The molecule has 0 radical (unpaired) electrons. The Labute approximate surface area is 79.9 Å². The van der Waals surface area contributed by atoms with Gasteiger partial charge in [0.1, 0.15) is 5.82 Å². The number of carboxylic acids is 1. The van der Waals surface area contributed by atoms with Crippen LogP contribution >= 0.6 is 0 Å². The molecule has 0 saturated carbocycles. The summed E-state index contributed by atoms with van der Waals surface area (Å²) in [6.07, 6.45) is 2.49. The Hall–Kier alpha value is -2.10. The zero-order valence-corrected chi connectivity index (χ0v) is 7.27. The van der Waals surface area contributed by atoms with Gasteiger partial charge >= 0.3 is 5.97 Å². The SMILES string of the molecule is O=C(O)/C=C\c1nc2ccccc2[nH]1. The molecule has 0 aliphatic heterocycles. The van der Waals surface area contributed by atoms with Gasteiger partial charge in [-0.1, -0.05) is 12.1 Å². The molecule has 0 atom stereocenters. The molecule has 0 aliphatic carbocycles. The molecule has 0 fully saturated rings. The van der Waals surface area contributed by atoms with Crippen molar-refractivity contribution in [2.24, 2.45) is 0 Å². The summed E-state index contributed by atoms with van der Waals surface area (Å²) in [5.74, 6) is -0.431. The molecule has 1 heterocycles. The lowest BCUT2D eigenvalue weighted by Gasteiger charge is -1.81. The van der Waals surface area contributed by atoms with E-state index in [1.54, 1.807) is 0 Å². The number of nitrogens with zero attached hydrogens (tertiary/aromatic N) is 1. The Bertz CT molecular complexity index is 467. The molecule has 0 amide bonds. The molecule has 2 N–H and O–H groups in total. The zero-order chi connectivity index (χ0) is 9.97. The standard InChI is InChI=1S/C10H8N2O2/c13-10(14)6-5-9-11-7-3-1-2-4-8(7)12-9/h1-6H,(H,11,12)(H,13,14)/b6-5-. The van der Waals surface area contributed by atoms with Gasteiger partial charge in [0, 0.05) is 6.08 Å². The summed E-state index contributed by atoms with van der Waals surface area (Å²) in [5, 5.41) is 8.42. The average Bonchev–Trinajstić information content (AvgIpc) is 2.57. The van der Waals surface area contributed by atoms with Crippen molar-refractivity contribution in [1.82, 2.24) is 9.97 Å². The first-order valence-electron chi connectivity index (χ1n) is 4.11. The van der Waals surface area contributed by atoms with Crippen LogP contribution in [0.3, 0.4) is 0 Å². The predicted molar refractivity (Wildman–Crippen MR) is 52.8 cm³/mol. The number of carboxylic acid groups (broad SMARTS) is 1. The number of carbonyl (C=O) groups is 1. The number of hydrogen-bond donors (Lipinski definition) is 2. The van der Waals surface area contributed by atoms with Gasteiger partial charge in [0.05, 0.1) is 11.0 Å². The minimum absolute atomic E-state index is 0.550. The summed E-state index contributed by atoms with van der Waals surface area (Å²) < 4.78 is 0. The van der Waals surface area contributed by atoms with Gasteiger partial charge in [-0.2, -0.15) is 0 Å². The molecule has 4 heteroatoms. The van der Waals surface area contributed by atoms with Crippen molar-refractivity contribution in [3.8, 4) is 0 Å². The maximum atomic E-state index is 10.3. The number of para-hydroxylation sites is 2. The Kier molecular flexibility index (Phi) is 2.02. The Morgan fingerprint density at radius 3 is 2.93 bits per heavy atom. The Morgan fingerprint density at radius 1 is 1.43 bits per heavy atom. The minimum atomic E-state index is -0.981. The molecule has 14 heavy (non-hydrogen) atoms. The highest BCUT2D eigenvalue weighted by molar-refractivity contribution is 5.85. The topological polar surface area (TPSA) is 66.0 Å². The van der Waals surface area contributed by atoms with E-state index < -0.39 is 5.97 Å². The number of fused-ring (bicyclic) bond motifs is 1. The average molecular weight is 188 g/mol. The van der Waals surface area contributed by atoms with Crippen molar-refractivity contribution in [3.63, 3.8) is 0 Å². The molecule has 4 nitrogen and oxygen atoms in total. The first-order chi connectivity index (χ1) is 6.75. The number of aliphatic carboxylic acids is 1. The summed E-state index contributed by atoms with van der Waals surface area (Å²) in [7, 11) is 0. The first-order valence-corrected chi connectivity index (χ1v) is 4.11. The molecule has 2 aromatic rings. The largest absolute Gasteiger partial charge is 0.478 e. The second kappa shape index (κ2) is 3.33. The van der Waals surface area contributed by atoms with E-state index in [9.17, 15) is 4.79 Å². The van der Waals surface area contributed by atoms with Crippen LogP contribution in [0.25, 0.3) is 17.1 Å². The molecule has 0 saturated heterocycles. The van der Waals surface area contributed by atoms with E-state index in [0.29, 0.717) is 5.82 Å². The third kappa shape index (κ3) is 1.64. The quantitative estimate of drug-likeness (QED) is 0.704. The molecule has 0 bridgehead atoms. The summed E-state index contributed by atoms with van der Waals surface area (Å²) in [4.78, 5) is 17.4. The van der Waals surface area contributed by atoms with Crippen molar-refractivity contribution in [3.05, 3.63) is 36.2 Å². The van der Waals surface area contributed by atoms with Crippen LogP contribution in [0.5, 0.6) is 0 Å². The van der Waals surface area contributed by atoms with Gasteiger partial charge in [0.2, 0.25) is 0 Å². The third-order valence-electron chi connectivity index (χ3n) is 1.79. The Morgan fingerprint density at radius 2 is 2.21 bits per heavy atom. The molecule has 0 spiro atoms. The van der Waals surface area contributed by atoms with Gasteiger partial charge < -0.3 is 10.1 Å². The summed E-state index contributed by atoms with van der Waals surface area (Å²) >= 11 is 0. The third-order valence-corrected chi connectivity index (χ3v) is 1.79. The number of nitrogens with one attached hydrogen (secondary N) is 1. The normalized spacial score (nSPS) is 11.1. The summed E-state index contributed by atoms with van der Waals surface area (Å²) in [5.41, 5.74) is 1.73. The zero-order valence-electron chi connectivity index (χ0n) is 7.27. The monoisotopic (exact) mass is 188 g/mol. The van der Waals surface area contributed by atoms with Gasteiger partial charge in [0.15, 0.2) is 0 Å². The van der Waals surface area contributed by atoms with E-state index >= 15 is 0 Å². The highest BCUT2D eigenvalue weighted by atomic mass is 16.4. The van der Waals surface area contributed by atoms with E-state index in [2.05, 4.69) is 9.97 Å². The van der Waals surface area contributed by atoms with Crippen LogP contribution in [-0.4, -0.2) is 21.0 Å². The lowest BCUT2D eigenvalue weighted by atomic mass is 10.3. The van der Waals surface area contributed by atoms with E-state index in [1.165, 1.54) is 6.08 Å². The van der Waals surface area contributed by atoms with Crippen molar-refractivity contribution in [2.45, 2.75) is 0 Å². The van der Waals surface area contributed by atoms with E-state index in [-0.39, 0.29) is 0 Å². The molecular weight excluding hydrogens is 180 g/mol. The van der Waals surface area contributed by atoms with Crippen molar-refractivity contribution >= 4 is 23.1 Å². The van der Waals surface area contributed by atoms with Crippen LogP contribution in [0.4, 0.5) is 0 Å². The van der Waals surface area contributed by atoms with Crippen molar-refractivity contribution in [1.29, 1.82) is 0 Å². The number of aromatic amines is 1. The number of hydrogen-bond acceptors (Lipinski definition) is 2.